The molecule has 0 rings (SSSR count). The van der Waals surface area contributed by atoms with Crippen molar-refractivity contribution in [3.63, 3.8) is 0 Å². The van der Waals surface area contributed by atoms with E-state index in [1.54, 1.807) is 6.08 Å². The van der Waals surface area contributed by atoms with Gasteiger partial charge in [0.1, 0.15) is 0 Å². The van der Waals surface area contributed by atoms with Gasteiger partial charge in [0.25, 0.3) is 0 Å². The highest BCUT2D eigenvalue weighted by Gasteiger charge is 1.90. The number of hydrogen-bond donors (Lipinski definition) is 0. The van der Waals surface area contributed by atoms with Crippen molar-refractivity contribution in [1.29, 1.82) is 0 Å². The molecule has 50 valence electrons. The van der Waals surface area contributed by atoms with Gasteiger partial charge in [-0.1, -0.05) is 13.0 Å². The normalized spacial score (nSPS) is 9.44. The first-order valence-corrected chi connectivity index (χ1v) is 2.62. The molecule has 0 aromatic heterocycles. The van der Waals surface area contributed by atoms with Crippen LogP contribution in [0.3, 0.4) is 0 Å². The molecule has 0 spiro atoms. The van der Waals surface area contributed by atoms with Crippen molar-refractivity contribution in [1.82, 2.24) is 0 Å². The van der Waals surface area contributed by atoms with Crippen LogP contribution in [0.25, 0.3) is 0 Å². The van der Waals surface area contributed by atoms with E-state index >= 15 is 0 Å². The fourth-order valence-electron chi connectivity index (χ4n) is 0.301. The van der Waals surface area contributed by atoms with E-state index in [-0.39, 0.29) is 6.47 Å². The first kappa shape index (κ1) is 7.88. The van der Waals surface area contributed by atoms with Crippen molar-refractivity contribution < 1.29 is 14.3 Å². The third kappa shape index (κ3) is 4.74. The van der Waals surface area contributed by atoms with Crippen molar-refractivity contribution in [3.05, 3.63) is 12.2 Å². The molecule has 0 bridgehead atoms. The van der Waals surface area contributed by atoms with E-state index in [9.17, 15) is 9.59 Å². The van der Waals surface area contributed by atoms with E-state index in [0.717, 1.165) is 6.42 Å². The average Bonchev–Trinajstić information content (AvgIpc) is 1.85. The molecule has 3 heteroatoms. The van der Waals surface area contributed by atoms with Gasteiger partial charge in [0, 0.05) is 6.08 Å². The Morgan fingerprint density at radius 3 is 2.78 bits per heavy atom. The van der Waals surface area contributed by atoms with Crippen LogP contribution in [-0.2, 0) is 14.3 Å². The molecule has 9 heavy (non-hydrogen) atoms. The number of esters is 1. The number of carbonyl (C=O) groups is 2. The number of ether oxygens (including phenoxy) is 1. The van der Waals surface area contributed by atoms with Crippen LogP contribution in [-0.4, -0.2) is 12.4 Å². The summed E-state index contributed by atoms with van der Waals surface area (Å²) in [6.45, 7) is 1.99. The lowest BCUT2D eigenvalue weighted by atomic mass is 10.4. The van der Waals surface area contributed by atoms with E-state index in [0.29, 0.717) is 0 Å². The summed E-state index contributed by atoms with van der Waals surface area (Å²) in [4.78, 5) is 19.8. The molecule has 0 aliphatic rings. The van der Waals surface area contributed by atoms with Gasteiger partial charge in [-0.15, -0.1) is 0 Å². The van der Waals surface area contributed by atoms with Crippen LogP contribution in [0.2, 0.25) is 0 Å². The maximum Gasteiger partial charge on any atom is 0.337 e. The lowest BCUT2D eigenvalue weighted by molar-refractivity contribution is -0.147. The minimum atomic E-state index is -0.619. The molecule has 0 atom stereocenters. The van der Waals surface area contributed by atoms with Crippen LogP contribution >= 0.6 is 0 Å². The highest BCUT2D eigenvalue weighted by atomic mass is 16.6. The van der Waals surface area contributed by atoms with E-state index in [4.69, 9.17) is 0 Å². The standard InChI is InChI=1S/C6H8O3/c1-2-3-4-6(8)9-5-7/h3-5H,2H2,1H3/b4-3-. The summed E-state index contributed by atoms with van der Waals surface area (Å²) in [5.74, 6) is -0.619. The fraction of sp³-hybridized carbons (Fsp3) is 0.333. The fourth-order valence-corrected chi connectivity index (χ4v) is 0.301. The van der Waals surface area contributed by atoms with Gasteiger partial charge in [-0.05, 0) is 6.42 Å². The maximum atomic E-state index is 10.3. The maximum absolute atomic E-state index is 10.3. The first-order valence-electron chi connectivity index (χ1n) is 2.62. The van der Waals surface area contributed by atoms with E-state index in [1.165, 1.54) is 6.08 Å². The second-order valence-electron chi connectivity index (χ2n) is 1.34. The van der Waals surface area contributed by atoms with E-state index < -0.39 is 5.97 Å². The predicted molar refractivity (Wildman–Crippen MR) is 31.6 cm³/mol. The van der Waals surface area contributed by atoms with E-state index in [1.807, 2.05) is 6.92 Å². The Morgan fingerprint density at radius 1 is 1.67 bits per heavy atom. The number of hydrogen-bond acceptors (Lipinski definition) is 3. The number of carbonyl (C=O) groups excluding carboxylic acids is 2. The van der Waals surface area contributed by atoms with Crippen molar-refractivity contribution in [3.8, 4) is 0 Å². The van der Waals surface area contributed by atoms with Gasteiger partial charge in [-0.25, -0.2) is 4.79 Å². The Morgan fingerprint density at radius 2 is 2.33 bits per heavy atom. The zero-order valence-electron chi connectivity index (χ0n) is 5.16. The molecule has 0 N–H and O–H groups in total. The molecule has 0 aromatic rings. The van der Waals surface area contributed by atoms with Gasteiger partial charge in [-0.2, -0.15) is 0 Å². The van der Waals surface area contributed by atoms with Crippen LogP contribution in [0.15, 0.2) is 12.2 Å². The third-order valence-corrected chi connectivity index (χ3v) is 0.654. The molecule has 0 fully saturated rings. The Labute approximate surface area is 53.3 Å². The summed E-state index contributed by atoms with van der Waals surface area (Å²) in [7, 11) is 0. The van der Waals surface area contributed by atoms with Crippen LogP contribution in [0.1, 0.15) is 13.3 Å². The highest BCUT2D eigenvalue weighted by molar-refractivity contribution is 5.86. The number of allylic oxidation sites excluding steroid dienone is 1. The summed E-state index contributed by atoms with van der Waals surface area (Å²) in [6.07, 6.45) is 3.59. The van der Waals surface area contributed by atoms with Gasteiger partial charge < -0.3 is 4.74 Å². The van der Waals surface area contributed by atoms with Gasteiger partial charge in [0.15, 0.2) is 0 Å². The molecule has 0 aliphatic carbocycles. The summed E-state index contributed by atoms with van der Waals surface area (Å²) in [5, 5.41) is 0. The zero-order valence-corrected chi connectivity index (χ0v) is 5.16. The second kappa shape index (κ2) is 5.03. The van der Waals surface area contributed by atoms with E-state index in [2.05, 4.69) is 4.74 Å². The summed E-state index contributed by atoms with van der Waals surface area (Å²) in [6, 6.07) is 0. The molecule has 0 unspecified atom stereocenters. The summed E-state index contributed by atoms with van der Waals surface area (Å²) < 4.78 is 3.94. The molecule has 0 radical (unpaired) electrons. The topological polar surface area (TPSA) is 43.4 Å². The summed E-state index contributed by atoms with van der Waals surface area (Å²) in [5.41, 5.74) is 0. The molecule has 0 amide bonds. The zero-order chi connectivity index (χ0) is 7.11. The molecular weight excluding hydrogens is 120 g/mol. The van der Waals surface area contributed by atoms with Crippen molar-refractivity contribution in [2.75, 3.05) is 0 Å². The first-order chi connectivity index (χ1) is 4.31. The highest BCUT2D eigenvalue weighted by Crippen LogP contribution is 1.81. The molecule has 3 nitrogen and oxygen atoms in total. The van der Waals surface area contributed by atoms with Crippen molar-refractivity contribution in [2.45, 2.75) is 13.3 Å². The van der Waals surface area contributed by atoms with Crippen molar-refractivity contribution in [2.24, 2.45) is 0 Å². The third-order valence-electron chi connectivity index (χ3n) is 0.654. The minimum Gasteiger partial charge on any atom is -0.392 e. The van der Waals surface area contributed by atoms with Crippen LogP contribution in [0.4, 0.5) is 0 Å². The van der Waals surface area contributed by atoms with Crippen molar-refractivity contribution >= 4 is 12.4 Å². The smallest absolute Gasteiger partial charge is 0.337 e. The Bertz CT molecular complexity index is 126. The Balaban J connectivity index is 3.49. The molecule has 0 saturated heterocycles. The largest absolute Gasteiger partial charge is 0.392 e. The van der Waals surface area contributed by atoms with Gasteiger partial charge >= 0.3 is 12.4 Å². The average molecular weight is 128 g/mol. The predicted octanol–water partition coefficient (Wildman–Crippen LogP) is 0.652. The van der Waals surface area contributed by atoms with Crippen LogP contribution < -0.4 is 0 Å². The lowest BCUT2D eigenvalue weighted by Crippen LogP contribution is -1.96. The quantitative estimate of drug-likeness (QED) is 0.242. The second-order valence-corrected chi connectivity index (χ2v) is 1.34. The molecule has 0 aliphatic heterocycles. The minimum absolute atomic E-state index is 0.113. The van der Waals surface area contributed by atoms with Gasteiger partial charge in [0.05, 0.1) is 0 Å². The molecule has 0 aromatic carbocycles. The SMILES string of the molecule is CC/C=C\C(=O)OC=O. The monoisotopic (exact) mass is 128 g/mol. The van der Waals surface area contributed by atoms with Crippen LogP contribution in [0, 0.1) is 0 Å². The Kier molecular flexibility index (Phi) is 4.40. The summed E-state index contributed by atoms with van der Waals surface area (Å²) >= 11 is 0. The molecular formula is C6H8O3. The molecule has 0 heterocycles. The lowest BCUT2D eigenvalue weighted by Gasteiger charge is -1.84. The Hall–Kier alpha value is -1.12. The molecule has 0 saturated carbocycles. The number of rotatable bonds is 3. The van der Waals surface area contributed by atoms with Gasteiger partial charge in [-0.3, -0.25) is 4.79 Å². The van der Waals surface area contributed by atoms with Crippen LogP contribution in [0.5, 0.6) is 0 Å². The van der Waals surface area contributed by atoms with Gasteiger partial charge in [0.2, 0.25) is 0 Å².